The molecule has 0 radical (unpaired) electrons. The fourth-order valence-electron chi connectivity index (χ4n) is 3.89. The van der Waals surface area contributed by atoms with Gasteiger partial charge in [0.15, 0.2) is 5.65 Å². The lowest BCUT2D eigenvalue weighted by atomic mass is 10.0. The SMILES string of the molecule is C[C@@H]1CNCC1N(C)c1c(C#N)cnc2c1ccn2S(=O)(=O)c1ccccc1. The van der Waals surface area contributed by atoms with Crippen molar-refractivity contribution in [3.63, 3.8) is 0 Å². The molecule has 1 aliphatic heterocycles. The van der Waals surface area contributed by atoms with Gasteiger partial charge in [0, 0.05) is 37.4 Å². The fourth-order valence-corrected chi connectivity index (χ4v) is 5.21. The molecule has 8 heteroatoms. The molecule has 28 heavy (non-hydrogen) atoms. The molecule has 1 N–H and O–H groups in total. The van der Waals surface area contributed by atoms with E-state index in [2.05, 4.69) is 28.2 Å². The van der Waals surface area contributed by atoms with E-state index in [9.17, 15) is 13.7 Å². The third-order valence-electron chi connectivity index (χ3n) is 5.40. The number of pyridine rings is 1. The smallest absolute Gasteiger partial charge is 0.269 e. The van der Waals surface area contributed by atoms with Gasteiger partial charge in [-0.25, -0.2) is 17.4 Å². The second-order valence-corrected chi connectivity index (χ2v) is 8.93. The Morgan fingerprint density at radius 3 is 2.64 bits per heavy atom. The molecular weight excluding hydrogens is 374 g/mol. The summed E-state index contributed by atoms with van der Waals surface area (Å²) in [5.41, 5.74) is 1.47. The third kappa shape index (κ3) is 2.84. The predicted octanol–water partition coefficient (Wildman–Crippen LogP) is 2.19. The van der Waals surface area contributed by atoms with Crippen molar-refractivity contribution in [2.75, 3.05) is 25.0 Å². The minimum absolute atomic E-state index is 0.196. The van der Waals surface area contributed by atoms with E-state index in [1.807, 2.05) is 7.05 Å². The number of benzene rings is 1. The van der Waals surface area contributed by atoms with Gasteiger partial charge in [-0.05, 0) is 30.7 Å². The van der Waals surface area contributed by atoms with Gasteiger partial charge in [-0.15, -0.1) is 0 Å². The standard InChI is InChI=1S/C20H21N5O2S/c1-14-11-22-13-18(14)24(2)19-15(10-21)12-23-20-17(19)8-9-25(20)28(26,27)16-6-4-3-5-7-16/h3-9,12,14,18,22H,11,13H2,1-2H3/t14-,18?/m1/s1. The summed E-state index contributed by atoms with van der Waals surface area (Å²) in [7, 11) is -1.82. The van der Waals surface area contributed by atoms with Crippen molar-refractivity contribution in [1.29, 1.82) is 5.26 Å². The van der Waals surface area contributed by atoms with Crippen molar-refractivity contribution in [1.82, 2.24) is 14.3 Å². The summed E-state index contributed by atoms with van der Waals surface area (Å²) in [5.74, 6) is 0.412. The van der Waals surface area contributed by atoms with Crippen LogP contribution in [0.3, 0.4) is 0 Å². The van der Waals surface area contributed by atoms with Crippen LogP contribution in [0, 0.1) is 17.2 Å². The highest BCUT2D eigenvalue weighted by Crippen LogP contribution is 2.33. The van der Waals surface area contributed by atoms with Crippen LogP contribution in [0.2, 0.25) is 0 Å². The van der Waals surface area contributed by atoms with Crippen LogP contribution in [-0.4, -0.2) is 43.6 Å². The molecule has 3 aromatic rings. The Morgan fingerprint density at radius 1 is 1.25 bits per heavy atom. The van der Waals surface area contributed by atoms with Gasteiger partial charge in [0.05, 0.1) is 16.1 Å². The van der Waals surface area contributed by atoms with Gasteiger partial charge in [-0.3, -0.25) is 0 Å². The average molecular weight is 395 g/mol. The third-order valence-corrected chi connectivity index (χ3v) is 7.08. The van der Waals surface area contributed by atoms with Crippen LogP contribution in [0.15, 0.2) is 53.7 Å². The van der Waals surface area contributed by atoms with Gasteiger partial charge in [0.2, 0.25) is 0 Å². The zero-order valence-electron chi connectivity index (χ0n) is 15.7. The van der Waals surface area contributed by atoms with E-state index in [0.717, 1.165) is 18.8 Å². The van der Waals surface area contributed by atoms with Crippen LogP contribution in [0.5, 0.6) is 0 Å². The van der Waals surface area contributed by atoms with Gasteiger partial charge < -0.3 is 10.2 Å². The van der Waals surface area contributed by atoms with Crippen molar-refractivity contribution in [3.05, 3.63) is 54.4 Å². The topological polar surface area (TPSA) is 91.0 Å². The molecule has 0 amide bonds. The Balaban J connectivity index is 1.90. The molecule has 0 saturated carbocycles. The van der Waals surface area contributed by atoms with Crippen molar-refractivity contribution in [2.45, 2.75) is 17.9 Å². The maximum Gasteiger partial charge on any atom is 0.269 e. The van der Waals surface area contributed by atoms with E-state index >= 15 is 0 Å². The Morgan fingerprint density at radius 2 is 2.00 bits per heavy atom. The second-order valence-electron chi connectivity index (χ2n) is 7.11. The van der Waals surface area contributed by atoms with E-state index in [0.29, 0.717) is 22.5 Å². The number of hydrogen-bond donors (Lipinski definition) is 1. The molecule has 0 aliphatic carbocycles. The number of nitrogens with one attached hydrogen (secondary N) is 1. The molecule has 0 bridgehead atoms. The molecular formula is C20H21N5O2S. The Kier molecular flexibility index (Phi) is 4.57. The lowest BCUT2D eigenvalue weighted by Gasteiger charge is -2.30. The molecule has 2 aromatic heterocycles. The Hall–Kier alpha value is -2.89. The first-order chi connectivity index (χ1) is 13.4. The zero-order valence-corrected chi connectivity index (χ0v) is 16.5. The summed E-state index contributed by atoms with van der Waals surface area (Å²) in [6.45, 7) is 3.89. The Labute approximate surface area is 164 Å². The zero-order chi connectivity index (χ0) is 19.9. The largest absolute Gasteiger partial charge is 0.368 e. The van der Waals surface area contributed by atoms with Crippen LogP contribution in [-0.2, 0) is 10.0 Å². The van der Waals surface area contributed by atoms with Crippen molar-refractivity contribution in [2.24, 2.45) is 5.92 Å². The minimum atomic E-state index is -3.77. The molecule has 7 nitrogen and oxygen atoms in total. The van der Waals surface area contributed by atoms with Crippen LogP contribution in [0.25, 0.3) is 11.0 Å². The number of nitrogens with zero attached hydrogens (tertiary/aromatic N) is 4. The molecule has 4 rings (SSSR count). The molecule has 1 saturated heterocycles. The first kappa shape index (κ1) is 18.5. The number of anilines is 1. The molecule has 0 spiro atoms. The number of hydrogen-bond acceptors (Lipinski definition) is 6. The summed E-state index contributed by atoms with van der Waals surface area (Å²) < 4.78 is 27.4. The van der Waals surface area contributed by atoms with E-state index in [1.54, 1.807) is 36.4 Å². The number of aromatic nitrogens is 2. The van der Waals surface area contributed by atoms with Crippen molar-refractivity contribution >= 4 is 26.7 Å². The van der Waals surface area contributed by atoms with E-state index in [1.165, 1.54) is 16.4 Å². The lowest BCUT2D eigenvalue weighted by Crippen LogP contribution is -2.37. The maximum atomic E-state index is 13.1. The molecule has 1 aliphatic rings. The summed E-state index contributed by atoms with van der Waals surface area (Å²) >= 11 is 0. The van der Waals surface area contributed by atoms with Gasteiger partial charge in [-0.1, -0.05) is 25.1 Å². The number of nitriles is 1. The first-order valence-electron chi connectivity index (χ1n) is 9.09. The monoisotopic (exact) mass is 395 g/mol. The van der Waals surface area contributed by atoms with Crippen LogP contribution in [0.4, 0.5) is 5.69 Å². The highest BCUT2D eigenvalue weighted by molar-refractivity contribution is 7.90. The summed E-state index contributed by atoms with van der Waals surface area (Å²) in [6, 6.07) is 12.4. The molecule has 2 atom stereocenters. The lowest BCUT2D eigenvalue weighted by molar-refractivity contribution is 0.540. The van der Waals surface area contributed by atoms with E-state index < -0.39 is 10.0 Å². The summed E-state index contributed by atoms with van der Waals surface area (Å²) in [6.07, 6.45) is 2.97. The normalized spacial score (nSPS) is 19.6. The highest BCUT2D eigenvalue weighted by atomic mass is 32.2. The molecule has 1 aromatic carbocycles. The quantitative estimate of drug-likeness (QED) is 0.728. The maximum absolute atomic E-state index is 13.1. The minimum Gasteiger partial charge on any atom is -0.368 e. The van der Waals surface area contributed by atoms with Gasteiger partial charge >= 0.3 is 0 Å². The fraction of sp³-hybridized carbons (Fsp3) is 0.300. The van der Waals surface area contributed by atoms with E-state index in [-0.39, 0.29) is 10.9 Å². The van der Waals surface area contributed by atoms with Crippen molar-refractivity contribution in [3.8, 4) is 6.07 Å². The van der Waals surface area contributed by atoms with Gasteiger partial charge in [0.25, 0.3) is 10.0 Å². The predicted molar refractivity (Wildman–Crippen MR) is 108 cm³/mol. The molecule has 144 valence electrons. The van der Waals surface area contributed by atoms with Gasteiger partial charge in [0.1, 0.15) is 6.07 Å². The second kappa shape index (κ2) is 6.93. The van der Waals surface area contributed by atoms with E-state index in [4.69, 9.17) is 0 Å². The number of likely N-dealkylation sites (N-methyl/N-ethyl adjacent to an activating group) is 1. The van der Waals surface area contributed by atoms with Crippen LogP contribution < -0.4 is 10.2 Å². The van der Waals surface area contributed by atoms with Gasteiger partial charge in [-0.2, -0.15) is 5.26 Å². The van der Waals surface area contributed by atoms with Crippen molar-refractivity contribution < 1.29 is 8.42 Å². The summed E-state index contributed by atoms with van der Waals surface area (Å²) in [4.78, 5) is 6.58. The summed E-state index contributed by atoms with van der Waals surface area (Å²) in [5, 5.41) is 13.6. The molecule has 1 fully saturated rings. The number of rotatable bonds is 4. The first-order valence-corrected chi connectivity index (χ1v) is 10.5. The Bertz CT molecular complexity index is 1160. The molecule has 3 heterocycles. The highest BCUT2D eigenvalue weighted by Gasteiger charge is 2.30. The molecule has 1 unspecified atom stereocenters. The van der Waals surface area contributed by atoms with Crippen LogP contribution >= 0.6 is 0 Å². The number of fused-ring (bicyclic) bond motifs is 1. The average Bonchev–Trinajstić information content (AvgIpc) is 3.33. The van der Waals surface area contributed by atoms with Crippen LogP contribution in [0.1, 0.15) is 12.5 Å².